The molecule has 0 aliphatic heterocycles. The Morgan fingerprint density at radius 1 is 1.21 bits per heavy atom. The van der Waals surface area contributed by atoms with Gasteiger partial charge in [-0.2, -0.15) is 0 Å². The Bertz CT molecular complexity index is 796. The van der Waals surface area contributed by atoms with Gasteiger partial charge in [-0.25, -0.2) is 0 Å². The van der Waals surface area contributed by atoms with E-state index in [0.717, 1.165) is 24.2 Å². The lowest BCUT2D eigenvalue weighted by Gasteiger charge is -2.52. The zero-order chi connectivity index (χ0) is 21.6. The van der Waals surface area contributed by atoms with Crippen molar-refractivity contribution in [3.63, 3.8) is 0 Å². The molecule has 0 nitrogen and oxygen atoms in total. The van der Waals surface area contributed by atoms with E-state index in [4.69, 9.17) is 0 Å². The molecule has 0 aromatic carbocycles. The van der Waals surface area contributed by atoms with Gasteiger partial charge in [0.1, 0.15) is 0 Å². The Morgan fingerprint density at radius 3 is 2.48 bits per heavy atom. The Kier molecular flexibility index (Phi) is 6.06. The molecule has 0 heteroatoms. The zero-order valence-corrected chi connectivity index (χ0v) is 19.8. The van der Waals surface area contributed by atoms with E-state index in [9.17, 15) is 0 Å². The summed E-state index contributed by atoms with van der Waals surface area (Å²) in [5, 5.41) is 0. The Balaban J connectivity index is 0.000000552. The third-order valence-electron chi connectivity index (χ3n) is 8.28. The molecule has 4 aliphatic rings. The standard InChI is InChI=1S/C25H34.C4H8/c1-7-17(3)23-18(4)15-22-20-9-8-19-14-16(2)10-12-24(19,5)21(20)11-13-25(22,23)6;1-4(2)3/h10-12,14,18,20,22-23H,2-3,7-9,13,15H2,1,4-6H3;1H2,2-3H3/t18-,20?,22?,23?,24?,25?;/m1./s1. The van der Waals surface area contributed by atoms with Gasteiger partial charge in [0.25, 0.3) is 0 Å². The second-order valence-corrected chi connectivity index (χ2v) is 10.8. The molecule has 5 unspecified atom stereocenters. The summed E-state index contributed by atoms with van der Waals surface area (Å²) in [5.74, 6) is 3.06. The molecule has 0 amide bonds. The van der Waals surface area contributed by atoms with Crippen LogP contribution < -0.4 is 0 Å². The van der Waals surface area contributed by atoms with Crippen LogP contribution in [0, 0.1) is 34.5 Å². The summed E-state index contributed by atoms with van der Waals surface area (Å²) in [4.78, 5) is 0. The van der Waals surface area contributed by atoms with Gasteiger partial charge in [0.15, 0.2) is 0 Å². The van der Waals surface area contributed by atoms with E-state index in [0.29, 0.717) is 11.3 Å². The number of hydrogen-bond donors (Lipinski definition) is 0. The topological polar surface area (TPSA) is 0 Å². The van der Waals surface area contributed by atoms with Gasteiger partial charge in [-0.3, -0.25) is 0 Å². The maximum absolute atomic E-state index is 4.48. The lowest BCUT2D eigenvalue weighted by molar-refractivity contribution is 0.102. The van der Waals surface area contributed by atoms with Crippen molar-refractivity contribution >= 4 is 0 Å². The Hall–Kier alpha value is -1.56. The zero-order valence-electron chi connectivity index (χ0n) is 19.8. The van der Waals surface area contributed by atoms with Crippen molar-refractivity contribution in [2.75, 3.05) is 0 Å². The minimum atomic E-state index is 0.147. The molecule has 4 rings (SSSR count). The average Bonchev–Trinajstić information content (AvgIpc) is 2.91. The van der Waals surface area contributed by atoms with Crippen LogP contribution in [0.5, 0.6) is 0 Å². The SMILES string of the molecule is C=C(C)C.C=C1C=CC2(C)C(=C1)CCC1C2=CCC2(C)C1C[C@@H](C)C2C(=C)CC. The lowest BCUT2D eigenvalue weighted by Crippen LogP contribution is -2.43. The summed E-state index contributed by atoms with van der Waals surface area (Å²) in [7, 11) is 0. The molecule has 0 radical (unpaired) electrons. The maximum atomic E-state index is 4.48. The van der Waals surface area contributed by atoms with Gasteiger partial charge in [0.05, 0.1) is 0 Å². The van der Waals surface area contributed by atoms with E-state index in [1.807, 2.05) is 13.8 Å². The van der Waals surface area contributed by atoms with E-state index in [1.54, 1.807) is 11.1 Å². The Morgan fingerprint density at radius 2 is 1.86 bits per heavy atom. The summed E-state index contributed by atoms with van der Waals surface area (Å²) in [6, 6.07) is 0. The van der Waals surface area contributed by atoms with E-state index >= 15 is 0 Å². The minimum absolute atomic E-state index is 0.147. The van der Waals surface area contributed by atoms with Gasteiger partial charge in [-0.1, -0.05) is 80.5 Å². The average molecular weight is 391 g/mol. The fourth-order valence-corrected chi connectivity index (χ4v) is 7.06. The highest BCUT2D eigenvalue weighted by atomic mass is 14.6. The lowest BCUT2D eigenvalue weighted by atomic mass is 9.52. The molecule has 2 saturated carbocycles. The van der Waals surface area contributed by atoms with Crippen LogP contribution in [0.15, 0.2) is 71.9 Å². The molecule has 0 aromatic heterocycles. The molecule has 29 heavy (non-hydrogen) atoms. The summed E-state index contributed by atoms with van der Waals surface area (Å²) in [6.45, 7) is 25.9. The number of allylic oxidation sites excluding steroid dienone is 9. The van der Waals surface area contributed by atoms with Crippen LogP contribution in [0.2, 0.25) is 0 Å². The highest BCUT2D eigenvalue weighted by Crippen LogP contribution is 2.66. The molecule has 0 saturated heterocycles. The fourth-order valence-electron chi connectivity index (χ4n) is 7.06. The van der Waals surface area contributed by atoms with E-state index in [1.165, 1.54) is 42.4 Å². The molecule has 6 atom stereocenters. The minimum Gasteiger partial charge on any atom is -0.100 e. The molecule has 4 aliphatic carbocycles. The molecule has 0 aromatic rings. The van der Waals surface area contributed by atoms with Gasteiger partial charge >= 0.3 is 0 Å². The predicted molar refractivity (Wildman–Crippen MR) is 129 cm³/mol. The Labute approximate surface area is 180 Å². The summed E-state index contributed by atoms with van der Waals surface area (Å²) in [6.07, 6.45) is 16.0. The number of rotatable bonds is 2. The van der Waals surface area contributed by atoms with E-state index < -0.39 is 0 Å². The van der Waals surface area contributed by atoms with Crippen LogP contribution in [-0.4, -0.2) is 0 Å². The second kappa shape index (κ2) is 7.93. The highest BCUT2D eigenvalue weighted by Gasteiger charge is 2.57. The van der Waals surface area contributed by atoms with Crippen LogP contribution >= 0.6 is 0 Å². The van der Waals surface area contributed by atoms with Crippen molar-refractivity contribution in [3.05, 3.63) is 71.9 Å². The molecule has 0 spiro atoms. The summed E-state index contributed by atoms with van der Waals surface area (Å²) >= 11 is 0. The monoisotopic (exact) mass is 390 g/mol. The second-order valence-electron chi connectivity index (χ2n) is 10.8. The quantitative estimate of drug-likeness (QED) is 0.414. The molecule has 0 N–H and O–H groups in total. The summed E-state index contributed by atoms with van der Waals surface area (Å²) in [5.41, 5.74) is 7.69. The largest absolute Gasteiger partial charge is 0.100 e. The third kappa shape index (κ3) is 3.69. The van der Waals surface area contributed by atoms with Crippen LogP contribution in [0.4, 0.5) is 0 Å². The number of fused-ring (bicyclic) bond motifs is 5. The van der Waals surface area contributed by atoms with Gasteiger partial charge in [0, 0.05) is 5.41 Å². The summed E-state index contributed by atoms with van der Waals surface area (Å²) < 4.78 is 0. The molecule has 158 valence electrons. The van der Waals surface area contributed by atoms with Gasteiger partial charge in [0.2, 0.25) is 0 Å². The third-order valence-corrected chi connectivity index (χ3v) is 8.28. The van der Waals surface area contributed by atoms with Crippen molar-refractivity contribution in [2.45, 2.75) is 73.6 Å². The van der Waals surface area contributed by atoms with E-state index in [2.05, 4.69) is 71.7 Å². The van der Waals surface area contributed by atoms with Gasteiger partial charge in [-0.05, 0) is 87.5 Å². The first-order valence-corrected chi connectivity index (χ1v) is 11.6. The van der Waals surface area contributed by atoms with Gasteiger partial charge < -0.3 is 0 Å². The molecule has 0 heterocycles. The first-order valence-electron chi connectivity index (χ1n) is 11.6. The van der Waals surface area contributed by atoms with Crippen molar-refractivity contribution in [3.8, 4) is 0 Å². The van der Waals surface area contributed by atoms with Crippen molar-refractivity contribution < 1.29 is 0 Å². The smallest absolute Gasteiger partial charge is 0.0281 e. The highest BCUT2D eigenvalue weighted by molar-refractivity contribution is 5.50. The first kappa shape index (κ1) is 22.1. The first-order chi connectivity index (χ1) is 13.5. The predicted octanol–water partition coefficient (Wildman–Crippen LogP) is 8.61. The van der Waals surface area contributed by atoms with Crippen LogP contribution in [-0.2, 0) is 0 Å². The molecular weight excluding hydrogens is 348 g/mol. The number of hydrogen-bond acceptors (Lipinski definition) is 0. The van der Waals surface area contributed by atoms with Crippen molar-refractivity contribution in [1.29, 1.82) is 0 Å². The van der Waals surface area contributed by atoms with Gasteiger partial charge in [-0.15, -0.1) is 6.58 Å². The van der Waals surface area contributed by atoms with Crippen LogP contribution in [0.1, 0.15) is 73.6 Å². The molecule has 0 bridgehead atoms. The fraction of sp³-hybridized carbons (Fsp3) is 0.586. The van der Waals surface area contributed by atoms with Crippen molar-refractivity contribution in [1.82, 2.24) is 0 Å². The van der Waals surface area contributed by atoms with Crippen LogP contribution in [0.3, 0.4) is 0 Å². The maximum Gasteiger partial charge on any atom is 0.0281 e. The molecular formula is C29H42. The molecule has 2 fully saturated rings. The van der Waals surface area contributed by atoms with Crippen molar-refractivity contribution in [2.24, 2.45) is 34.5 Å². The van der Waals surface area contributed by atoms with Crippen LogP contribution in [0.25, 0.3) is 0 Å². The normalized spacial score (nSPS) is 39.9. The van der Waals surface area contributed by atoms with E-state index in [-0.39, 0.29) is 5.41 Å².